The van der Waals surface area contributed by atoms with Crippen LogP contribution in [0.25, 0.3) is 0 Å². The zero-order valence-electron chi connectivity index (χ0n) is 15.6. The Morgan fingerprint density at radius 1 is 1.27 bits per heavy atom. The van der Waals surface area contributed by atoms with Crippen molar-refractivity contribution in [3.05, 3.63) is 28.8 Å². The number of aryl methyl sites for hydroxylation is 1. The van der Waals surface area contributed by atoms with E-state index in [4.69, 9.17) is 21.1 Å². The van der Waals surface area contributed by atoms with Crippen LogP contribution in [-0.2, 0) is 14.3 Å². The molecular weight excluding hydrogens is 354 g/mol. The second-order valence-corrected chi connectivity index (χ2v) is 7.37. The van der Waals surface area contributed by atoms with E-state index in [0.29, 0.717) is 24.0 Å². The van der Waals surface area contributed by atoms with Gasteiger partial charge in [0.05, 0.1) is 6.61 Å². The Bertz CT molecular complexity index is 620. The molecule has 6 heteroatoms. The van der Waals surface area contributed by atoms with Gasteiger partial charge in [-0.25, -0.2) is 0 Å². The van der Waals surface area contributed by atoms with Gasteiger partial charge in [0.15, 0.2) is 6.61 Å². The van der Waals surface area contributed by atoms with Crippen molar-refractivity contribution in [3.8, 4) is 5.75 Å². The first kappa shape index (κ1) is 20.6. The van der Waals surface area contributed by atoms with E-state index < -0.39 is 0 Å². The zero-order valence-corrected chi connectivity index (χ0v) is 16.3. The summed E-state index contributed by atoms with van der Waals surface area (Å²) < 4.78 is 10.6. The van der Waals surface area contributed by atoms with Crippen LogP contribution in [0.5, 0.6) is 5.75 Å². The molecule has 0 saturated heterocycles. The van der Waals surface area contributed by atoms with E-state index >= 15 is 0 Å². The minimum absolute atomic E-state index is 0.200. The van der Waals surface area contributed by atoms with Crippen LogP contribution in [0.4, 0.5) is 0 Å². The Kier molecular flexibility index (Phi) is 8.23. The van der Waals surface area contributed by atoms with Gasteiger partial charge >= 0.3 is 5.97 Å². The highest BCUT2D eigenvalue weighted by molar-refractivity contribution is 6.31. The number of carbonyl (C=O) groups is 2. The second-order valence-electron chi connectivity index (χ2n) is 6.96. The normalized spacial score (nSPS) is 19.7. The molecule has 2 rings (SSSR count). The number of halogens is 1. The largest absolute Gasteiger partial charge is 0.494 e. The molecule has 1 aliphatic rings. The fourth-order valence-electron chi connectivity index (χ4n) is 3.11. The van der Waals surface area contributed by atoms with Crippen LogP contribution in [0.15, 0.2) is 18.2 Å². The van der Waals surface area contributed by atoms with Crippen molar-refractivity contribution in [1.82, 2.24) is 5.32 Å². The van der Waals surface area contributed by atoms with Crippen molar-refractivity contribution in [3.63, 3.8) is 0 Å². The topological polar surface area (TPSA) is 64.6 Å². The molecule has 1 amide bonds. The summed E-state index contributed by atoms with van der Waals surface area (Å²) in [6, 6.07) is 5.64. The number of benzene rings is 1. The number of esters is 1. The predicted octanol–water partition coefficient (Wildman–Crippen LogP) is 4.05. The highest BCUT2D eigenvalue weighted by Crippen LogP contribution is 2.23. The first-order valence-electron chi connectivity index (χ1n) is 9.29. The Morgan fingerprint density at radius 2 is 2.04 bits per heavy atom. The molecule has 1 aromatic carbocycles. The smallest absolute Gasteiger partial charge is 0.306 e. The lowest BCUT2D eigenvalue weighted by atomic mass is 9.86. The van der Waals surface area contributed by atoms with Gasteiger partial charge in [-0.3, -0.25) is 9.59 Å². The molecule has 0 aliphatic heterocycles. The molecule has 0 heterocycles. The summed E-state index contributed by atoms with van der Waals surface area (Å²) in [7, 11) is 0. The summed E-state index contributed by atoms with van der Waals surface area (Å²) in [5.74, 6) is 0.607. The monoisotopic (exact) mass is 381 g/mol. The zero-order chi connectivity index (χ0) is 18.9. The number of amides is 1. The maximum atomic E-state index is 11.9. The molecule has 2 atom stereocenters. The van der Waals surface area contributed by atoms with E-state index in [-0.39, 0.29) is 30.9 Å². The first-order chi connectivity index (χ1) is 12.5. The van der Waals surface area contributed by atoms with Gasteiger partial charge in [-0.2, -0.15) is 0 Å². The molecule has 0 aromatic heterocycles. The molecule has 5 nitrogen and oxygen atoms in total. The van der Waals surface area contributed by atoms with E-state index in [1.165, 1.54) is 6.42 Å². The van der Waals surface area contributed by atoms with Crippen LogP contribution in [0.1, 0.15) is 51.0 Å². The third-order valence-electron chi connectivity index (χ3n) is 4.75. The minimum Gasteiger partial charge on any atom is -0.494 e. The van der Waals surface area contributed by atoms with Crippen molar-refractivity contribution in [2.45, 2.75) is 58.4 Å². The highest BCUT2D eigenvalue weighted by atomic mass is 35.5. The van der Waals surface area contributed by atoms with Gasteiger partial charge in [-0.1, -0.05) is 31.4 Å². The molecule has 1 aliphatic carbocycles. The third kappa shape index (κ3) is 6.87. The highest BCUT2D eigenvalue weighted by Gasteiger charge is 2.23. The number of nitrogens with one attached hydrogen (secondary N) is 1. The molecular formula is C20H28ClNO4. The maximum absolute atomic E-state index is 11.9. The van der Waals surface area contributed by atoms with Gasteiger partial charge < -0.3 is 14.8 Å². The van der Waals surface area contributed by atoms with Gasteiger partial charge in [0.25, 0.3) is 5.91 Å². The summed E-state index contributed by atoms with van der Waals surface area (Å²) in [5.41, 5.74) is 0.946. The fraction of sp³-hybridized carbons (Fsp3) is 0.600. The van der Waals surface area contributed by atoms with E-state index in [1.54, 1.807) is 12.1 Å². The average Bonchev–Trinajstić information content (AvgIpc) is 2.62. The maximum Gasteiger partial charge on any atom is 0.306 e. The summed E-state index contributed by atoms with van der Waals surface area (Å²) in [5, 5.41) is 3.67. The molecule has 1 saturated carbocycles. The molecule has 1 aromatic rings. The van der Waals surface area contributed by atoms with Crippen molar-refractivity contribution in [1.29, 1.82) is 0 Å². The number of carbonyl (C=O) groups excluding carboxylic acids is 2. The van der Waals surface area contributed by atoms with Gasteiger partial charge in [0.1, 0.15) is 5.75 Å². The summed E-state index contributed by atoms with van der Waals surface area (Å²) in [4.78, 5) is 23.7. The van der Waals surface area contributed by atoms with Crippen LogP contribution in [-0.4, -0.2) is 31.1 Å². The number of rotatable bonds is 8. The van der Waals surface area contributed by atoms with Crippen molar-refractivity contribution in [2.75, 3.05) is 13.2 Å². The molecule has 0 unspecified atom stereocenters. The summed E-state index contributed by atoms with van der Waals surface area (Å²) in [6.07, 6.45) is 5.25. The van der Waals surface area contributed by atoms with E-state index in [0.717, 1.165) is 30.6 Å². The van der Waals surface area contributed by atoms with Gasteiger partial charge in [-0.05, 0) is 55.9 Å². The Morgan fingerprint density at radius 3 is 2.77 bits per heavy atom. The van der Waals surface area contributed by atoms with Gasteiger partial charge in [0, 0.05) is 17.5 Å². The molecule has 0 radical (unpaired) electrons. The first-order valence-corrected chi connectivity index (χ1v) is 9.67. The van der Waals surface area contributed by atoms with E-state index in [1.807, 2.05) is 13.0 Å². The van der Waals surface area contributed by atoms with E-state index in [2.05, 4.69) is 12.2 Å². The number of hydrogen-bond donors (Lipinski definition) is 1. The standard InChI is InChI=1S/C20H28ClNO4/c1-14-6-3-4-7-18(14)22-19(23)13-26-20(24)8-5-11-25-16-9-10-17(21)15(2)12-16/h9-10,12,14,18H,3-8,11,13H2,1-2H3,(H,22,23)/t14-,18+/m0/s1. The van der Waals surface area contributed by atoms with E-state index in [9.17, 15) is 9.59 Å². The van der Waals surface area contributed by atoms with Gasteiger partial charge in [-0.15, -0.1) is 0 Å². The Hall–Kier alpha value is -1.75. The van der Waals surface area contributed by atoms with Crippen molar-refractivity contribution in [2.24, 2.45) is 5.92 Å². The number of ether oxygens (including phenoxy) is 2. The summed E-state index contributed by atoms with van der Waals surface area (Å²) in [6.45, 7) is 4.26. The molecule has 0 bridgehead atoms. The minimum atomic E-state index is -0.382. The Balaban J connectivity index is 1.58. The quantitative estimate of drug-likeness (QED) is 0.545. The predicted molar refractivity (Wildman–Crippen MR) is 101 cm³/mol. The van der Waals surface area contributed by atoms with Crippen LogP contribution in [0.2, 0.25) is 5.02 Å². The van der Waals surface area contributed by atoms with Crippen LogP contribution in [0, 0.1) is 12.8 Å². The molecule has 144 valence electrons. The Labute approximate surface area is 160 Å². The van der Waals surface area contributed by atoms with Crippen LogP contribution >= 0.6 is 11.6 Å². The van der Waals surface area contributed by atoms with Crippen LogP contribution < -0.4 is 10.1 Å². The average molecular weight is 382 g/mol. The second kappa shape index (κ2) is 10.4. The summed E-state index contributed by atoms with van der Waals surface area (Å²) >= 11 is 5.96. The fourth-order valence-corrected chi connectivity index (χ4v) is 3.23. The van der Waals surface area contributed by atoms with Crippen molar-refractivity contribution < 1.29 is 19.1 Å². The van der Waals surface area contributed by atoms with Crippen molar-refractivity contribution >= 4 is 23.5 Å². The lowest BCUT2D eigenvalue weighted by molar-refractivity contribution is -0.149. The lowest BCUT2D eigenvalue weighted by Gasteiger charge is -2.29. The SMILES string of the molecule is Cc1cc(OCCCC(=O)OCC(=O)N[C@@H]2CCCC[C@@H]2C)ccc1Cl. The van der Waals surface area contributed by atoms with Gasteiger partial charge in [0.2, 0.25) is 0 Å². The molecule has 26 heavy (non-hydrogen) atoms. The lowest BCUT2D eigenvalue weighted by Crippen LogP contribution is -2.42. The third-order valence-corrected chi connectivity index (χ3v) is 5.17. The number of hydrogen-bond acceptors (Lipinski definition) is 4. The molecule has 1 fully saturated rings. The molecule has 0 spiro atoms. The molecule has 1 N–H and O–H groups in total. The van der Waals surface area contributed by atoms with Crippen LogP contribution in [0.3, 0.4) is 0 Å².